The summed E-state index contributed by atoms with van der Waals surface area (Å²) in [5.41, 5.74) is 0.405. The second-order valence-corrected chi connectivity index (χ2v) is 6.80. The Hall–Kier alpha value is -4.47. The van der Waals surface area contributed by atoms with Crippen LogP contribution in [-0.4, -0.2) is 37.7 Å². The lowest BCUT2D eigenvalue weighted by atomic mass is 10.2. The summed E-state index contributed by atoms with van der Waals surface area (Å²) >= 11 is 0. The van der Waals surface area contributed by atoms with Crippen molar-refractivity contribution in [3.63, 3.8) is 0 Å². The summed E-state index contributed by atoms with van der Waals surface area (Å²) in [7, 11) is 0. The minimum absolute atomic E-state index is 0.0878. The molecule has 0 bridgehead atoms. The van der Waals surface area contributed by atoms with Crippen LogP contribution in [0.4, 0.5) is 10.5 Å². The summed E-state index contributed by atoms with van der Waals surface area (Å²) in [6.07, 6.45) is 0. The molecule has 0 fully saturated rings. The fraction of sp³-hybridized carbons (Fsp3) is 0.174. The molecular weight excluding hydrogens is 432 g/mol. The lowest BCUT2D eigenvalue weighted by Gasteiger charge is -2.19. The van der Waals surface area contributed by atoms with Gasteiger partial charge in [0.1, 0.15) is 31.3 Å². The summed E-state index contributed by atoms with van der Waals surface area (Å²) in [5.74, 6) is 0.392. The molecule has 0 atom stereocenters. The number of rotatable bonds is 7. The number of anilines is 1. The normalized spacial score (nSPS) is 11.9. The maximum atomic E-state index is 12.1. The van der Waals surface area contributed by atoms with E-state index in [1.165, 1.54) is 6.07 Å². The molecule has 0 aliphatic carbocycles. The molecule has 3 amide bonds. The van der Waals surface area contributed by atoms with Crippen LogP contribution in [0.3, 0.4) is 0 Å². The van der Waals surface area contributed by atoms with Crippen LogP contribution >= 0.6 is 0 Å². The van der Waals surface area contributed by atoms with Crippen LogP contribution in [-0.2, 0) is 16.1 Å². The van der Waals surface area contributed by atoms with E-state index in [4.69, 9.17) is 23.4 Å². The quantitative estimate of drug-likeness (QED) is 0.524. The van der Waals surface area contributed by atoms with Crippen LogP contribution in [0, 0.1) is 0 Å². The Balaban J connectivity index is 1.20. The van der Waals surface area contributed by atoms with Gasteiger partial charge in [-0.2, -0.15) is 0 Å². The van der Waals surface area contributed by atoms with E-state index in [9.17, 15) is 14.4 Å². The number of fused-ring (bicyclic) bond motifs is 1. The van der Waals surface area contributed by atoms with Gasteiger partial charge in [0, 0.05) is 11.8 Å². The van der Waals surface area contributed by atoms with E-state index in [-0.39, 0.29) is 12.4 Å². The lowest BCUT2D eigenvalue weighted by Crippen LogP contribution is -2.37. The van der Waals surface area contributed by atoms with Gasteiger partial charge in [0.05, 0.1) is 0 Å². The number of furan rings is 1. The van der Waals surface area contributed by atoms with Crippen LogP contribution in [0.5, 0.6) is 17.2 Å². The maximum Gasteiger partial charge on any atom is 0.374 e. The van der Waals surface area contributed by atoms with E-state index in [1.54, 1.807) is 36.4 Å². The Morgan fingerprint density at radius 2 is 1.70 bits per heavy atom. The second-order valence-electron chi connectivity index (χ2n) is 6.80. The van der Waals surface area contributed by atoms with Gasteiger partial charge in [0.15, 0.2) is 18.1 Å². The Bertz CT molecular complexity index is 1140. The van der Waals surface area contributed by atoms with Crippen molar-refractivity contribution in [1.82, 2.24) is 5.32 Å². The first-order valence-electron chi connectivity index (χ1n) is 10.0. The molecule has 0 spiro atoms. The van der Waals surface area contributed by atoms with Crippen LogP contribution in [0.2, 0.25) is 0 Å². The largest absolute Gasteiger partial charge is 0.486 e. The van der Waals surface area contributed by atoms with Crippen LogP contribution in [0.1, 0.15) is 16.3 Å². The number of imide groups is 1. The number of amides is 3. The number of ether oxygens (including phenoxy) is 4. The van der Waals surface area contributed by atoms with Crippen LogP contribution in [0.15, 0.2) is 65.1 Å². The molecule has 3 aromatic rings. The highest BCUT2D eigenvalue weighted by Crippen LogP contribution is 2.32. The Morgan fingerprint density at radius 3 is 2.52 bits per heavy atom. The highest BCUT2D eigenvalue weighted by atomic mass is 16.6. The Labute approximate surface area is 188 Å². The Kier molecular flexibility index (Phi) is 6.74. The molecule has 170 valence electrons. The standard InChI is InChI=1S/C23H20N2O8/c26-21(25-23(28)24-15-6-8-18-20(12-15)30-11-10-29-18)14-32-22(27)19-9-7-17(33-19)13-31-16-4-2-1-3-5-16/h1-9,12H,10-11,13-14H2,(H2,24,25,26,28). The van der Waals surface area contributed by atoms with Crippen molar-refractivity contribution < 1.29 is 37.7 Å². The van der Waals surface area contributed by atoms with E-state index >= 15 is 0 Å². The van der Waals surface area contributed by atoms with E-state index in [0.29, 0.717) is 41.9 Å². The lowest BCUT2D eigenvalue weighted by molar-refractivity contribution is -0.123. The molecule has 33 heavy (non-hydrogen) atoms. The number of urea groups is 1. The fourth-order valence-electron chi connectivity index (χ4n) is 2.88. The van der Waals surface area contributed by atoms with E-state index < -0.39 is 24.5 Å². The zero-order valence-electron chi connectivity index (χ0n) is 17.4. The van der Waals surface area contributed by atoms with Crippen LogP contribution < -0.4 is 24.8 Å². The molecule has 0 saturated heterocycles. The molecule has 2 heterocycles. The Morgan fingerprint density at radius 1 is 0.909 bits per heavy atom. The first-order valence-corrected chi connectivity index (χ1v) is 10.0. The smallest absolute Gasteiger partial charge is 0.374 e. The third-order valence-electron chi connectivity index (χ3n) is 4.37. The van der Waals surface area contributed by atoms with E-state index in [2.05, 4.69) is 10.6 Å². The summed E-state index contributed by atoms with van der Waals surface area (Å²) in [6, 6.07) is 16.2. The summed E-state index contributed by atoms with van der Waals surface area (Å²) in [4.78, 5) is 36.0. The molecule has 1 aliphatic heterocycles. The predicted molar refractivity (Wildman–Crippen MR) is 114 cm³/mol. The van der Waals surface area contributed by atoms with Gasteiger partial charge in [-0.3, -0.25) is 10.1 Å². The highest BCUT2D eigenvalue weighted by Gasteiger charge is 2.17. The third-order valence-corrected chi connectivity index (χ3v) is 4.37. The number of para-hydroxylation sites is 1. The zero-order valence-corrected chi connectivity index (χ0v) is 17.4. The van der Waals surface area contributed by atoms with Gasteiger partial charge >= 0.3 is 12.0 Å². The fourth-order valence-corrected chi connectivity index (χ4v) is 2.88. The average Bonchev–Trinajstić information content (AvgIpc) is 3.31. The van der Waals surface area contributed by atoms with Gasteiger partial charge in [-0.05, 0) is 36.4 Å². The number of esters is 1. The van der Waals surface area contributed by atoms with E-state index in [0.717, 1.165) is 0 Å². The first kappa shape index (κ1) is 21.8. The number of hydrogen-bond acceptors (Lipinski definition) is 8. The molecule has 10 nitrogen and oxygen atoms in total. The first-order chi connectivity index (χ1) is 16.1. The van der Waals surface area contributed by atoms with Crippen molar-refractivity contribution >= 4 is 23.6 Å². The monoisotopic (exact) mass is 452 g/mol. The van der Waals surface area contributed by atoms with E-state index in [1.807, 2.05) is 18.2 Å². The van der Waals surface area contributed by atoms with Crippen molar-refractivity contribution in [2.45, 2.75) is 6.61 Å². The predicted octanol–water partition coefficient (Wildman–Crippen LogP) is 3.13. The van der Waals surface area contributed by atoms with Gasteiger partial charge in [0.25, 0.3) is 5.91 Å². The maximum absolute atomic E-state index is 12.1. The molecule has 2 N–H and O–H groups in total. The van der Waals surface area contributed by atoms with Crippen molar-refractivity contribution in [1.29, 1.82) is 0 Å². The highest BCUT2D eigenvalue weighted by molar-refractivity contribution is 6.02. The number of hydrogen-bond donors (Lipinski definition) is 2. The summed E-state index contributed by atoms with van der Waals surface area (Å²) < 4.78 is 26.6. The summed E-state index contributed by atoms with van der Waals surface area (Å²) in [6.45, 7) is 0.319. The molecule has 1 aliphatic rings. The number of nitrogens with one attached hydrogen (secondary N) is 2. The molecule has 0 saturated carbocycles. The molecule has 1 aromatic heterocycles. The SMILES string of the molecule is O=C(COC(=O)c1ccc(COc2ccccc2)o1)NC(=O)Nc1ccc2c(c1)OCCO2. The van der Waals surface area contributed by atoms with Gasteiger partial charge in [-0.1, -0.05) is 18.2 Å². The molecule has 4 rings (SSSR count). The minimum Gasteiger partial charge on any atom is -0.486 e. The topological polar surface area (TPSA) is 125 Å². The number of carbonyl (C=O) groups is 3. The van der Waals surface area contributed by atoms with Crippen molar-refractivity contribution in [3.8, 4) is 17.2 Å². The average molecular weight is 452 g/mol. The third kappa shape index (κ3) is 6.03. The van der Waals surface area contributed by atoms with Crippen molar-refractivity contribution in [3.05, 3.63) is 72.2 Å². The minimum atomic E-state index is -0.844. The summed E-state index contributed by atoms with van der Waals surface area (Å²) in [5, 5.41) is 4.56. The molecule has 0 radical (unpaired) electrons. The van der Waals surface area contributed by atoms with Crippen molar-refractivity contribution in [2.24, 2.45) is 0 Å². The number of carbonyl (C=O) groups excluding carboxylic acids is 3. The molecule has 0 unspecified atom stereocenters. The number of benzene rings is 2. The van der Waals surface area contributed by atoms with Gasteiger partial charge in [0.2, 0.25) is 5.76 Å². The molecular formula is C23H20N2O8. The van der Waals surface area contributed by atoms with Crippen molar-refractivity contribution in [2.75, 3.05) is 25.1 Å². The molecule has 2 aromatic carbocycles. The van der Waals surface area contributed by atoms with Gasteiger partial charge < -0.3 is 28.7 Å². The zero-order chi connectivity index (χ0) is 23.0. The second kappa shape index (κ2) is 10.2. The molecule has 10 heteroatoms. The van der Waals surface area contributed by atoms with Gasteiger partial charge in [-0.25, -0.2) is 9.59 Å². The van der Waals surface area contributed by atoms with Gasteiger partial charge in [-0.15, -0.1) is 0 Å². The van der Waals surface area contributed by atoms with Crippen LogP contribution in [0.25, 0.3) is 0 Å².